The summed E-state index contributed by atoms with van der Waals surface area (Å²) >= 11 is 6.11. The summed E-state index contributed by atoms with van der Waals surface area (Å²) in [4.78, 5) is 2.55. The van der Waals surface area contributed by atoms with Crippen molar-refractivity contribution in [2.24, 2.45) is 0 Å². The number of ether oxygens (including phenoxy) is 1. The fraction of sp³-hybridized carbons (Fsp3) is 0.417. The molecule has 0 aliphatic carbocycles. The first-order valence-electron chi connectivity index (χ1n) is 10.6. The Labute approximate surface area is 178 Å². The van der Waals surface area contributed by atoms with Crippen LogP contribution in [0.1, 0.15) is 48.9 Å². The summed E-state index contributed by atoms with van der Waals surface area (Å²) in [6, 6.07) is 14.8. The van der Waals surface area contributed by atoms with Crippen LogP contribution < -0.4 is 10.2 Å². The zero-order valence-corrected chi connectivity index (χ0v) is 17.9. The minimum absolute atomic E-state index is 0.169. The number of hydrogen-bond acceptors (Lipinski definition) is 4. The molecule has 1 saturated heterocycles. The van der Waals surface area contributed by atoms with Gasteiger partial charge in [0, 0.05) is 36.5 Å². The molecule has 0 unspecified atom stereocenters. The van der Waals surface area contributed by atoms with Gasteiger partial charge in [-0.25, -0.2) is 0 Å². The van der Waals surface area contributed by atoms with E-state index >= 15 is 0 Å². The van der Waals surface area contributed by atoms with Gasteiger partial charge in [0.1, 0.15) is 5.75 Å². The third-order valence-corrected chi connectivity index (χ3v) is 6.65. The summed E-state index contributed by atoms with van der Waals surface area (Å²) in [6.45, 7) is 7.69. The predicted octanol–water partition coefficient (Wildman–Crippen LogP) is 5.15. The average Bonchev–Trinajstić information content (AvgIpc) is 3.18. The molecule has 152 valence electrons. The largest absolute Gasteiger partial charge is 0.470 e. The first kappa shape index (κ1) is 19.0. The highest BCUT2D eigenvalue weighted by molar-refractivity contribution is 6.30. The third-order valence-electron chi connectivity index (χ3n) is 6.40. The van der Waals surface area contributed by atoms with Gasteiger partial charge in [-0.1, -0.05) is 48.4 Å². The second-order valence-electron chi connectivity index (χ2n) is 8.45. The lowest BCUT2D eigenvalue weighted by atomic mass is 9.92. The first-order chi connectivity index (χ1) is 14.1. The standard InChI is InChI=1S/C24H28ClN3O/c1-3-12-27-13-10-24(11-14-27)28-22(20-15-17(2)4-9-23(20)29-24)16-21(26-28)18-5-7-19(25)8-6-18/h4-9,15-16,22,26H,3,10-14H2,1-2H3/t22-/m0/s1. The number of halogens is 1. The van der Waals surface area contributed by atoms with Crippen LogP contribution in [0, 0.1) is 6.92 Å². The van der Waals surface area contributed by atoms with Crippen LogP contribution in [0.3, 0.4) is 0 Å². The number of fused-ring (bicyclic) bond motifs is 4. The molecule has 0 aromatic heterocycles. The van der Waals surface area contributed by atoms with Gasteiger partial charge in [-0.05, 0) is 49.7 Å². The monoisotopic (exact) mass is 409 g/mol. The molecule has 3 aliphatic heterocycles. The molecular formula is C24H28ClN3O. The molecule has 0 saturated carbocycles. The number of aryl methyl sites for hydroxylation is 1. The van der Waals surface area contributed by atoms with E-state index in [9.17, 15) is 0 Å². The molecule has 2 aromatic rings. The van der Waals surface area contributed by atoms with Crippen molar-refractivity contribution < 1.29 is 4.74 Å². The van der Waals surface area contributed by atoms with Crippen molar-refractivity contribution in [2.45, 2.75) is 44.9 Å². The lowest BCUT2D eigenvalue weighted by Gasteiger charge is -2.51. The number of hydrogen-bond donors (Lipinski definition) is 1. The zero-order chi connectivity index (χ0) is 20.0. The highest BCUT2D eigenvalue weighted by atomic mass is 35.5. The van der Waals surface area contributed by atoms with E-state index in [0.717, 1.165) is 54.5 Å². The van der Waals surface area contributed by atoms with Crippen molar-refractivity contribution in [3.63, 3.8) is 0 Å². The molecule has 3 heterocycles. The van der Waals surface area contributed by atoms with Gasteiger partial charge in [-0.2, -0.15) is 5.01 Å². The summed E-state index contributed by atoms with van der Waals surface area (Å²) in [5, 5.41) is 3.12. The molecule has 1 fully saturated rings. The smallest absolute Gasteiger partial charge is 0.182 e. The lowest BCUT2D eigenvalue weighted by molar-refractivity contribution is -0.159. The van der Waals surface area contributed by atoms with Gasteiger partial charge in [0.2, 0.25) is 0 Å². The number of piperidine rings is 1. The van der Waals surface area contributed by atoms with Crippen LogP contribution in [0.5, 0.6) is 5.75 Å². The lowest BCUT2D eigenvalue weighted by Crippen LogP contribution is -2.63. The Morgan fingerprint density at radius 2 is 1.90 bits per heavy atom. The fourth-order valence-electron chi connectivity index (χ4n) is 4.87. The maximum atomic E-state index is 6.74. The Balaban J connectivity index is 1.52. The topological polar surface area (TPSA) is 27.7 Å². The van der Waals surface area contributed by atoms with Crippen molar-refractivity contribution in [2.75, 3.05) is 19.6 Å². The van der Waals surface area contributed by atoms with Gasteiger partial charge in [-0.3, -0.25) is 0 Å². The van der Waals surface area contributed by atoms with E-state index in [0.29, 0.717) is 0 Å². The summed E-state index contributed by atoms with van der Waals surface area (Å²) in [5.41, 5.74) is 8.16. The van der Waals surface area contributed by atoms with Crippen molar-refractivity contribution in [1.29, 1.82) is 0 Å². The number of nitrogens with zero attached hydrogens (tertiary/aromatic N) is 2. The van der Waals surface area contributed by atoms with Crippen molar-refractivity contribution in [1.82, 2.24) is 15.3 Å². The minimum Gasteiger partial charge on any atom is -0.470 e. The Kier molecular flexibility index (Phi) is 4.81. The summed E-state index contributed by atoms with van der Waals surface area (Å²) in [6.07, 6.45) is 5.52. The highest BCUT2D eigenvalue weighted by Crippen LogP contribution is 2.48. The molecular weight excluding hydrogens is 382 g/mol. The molecule has 0 bridgehead atoms. The SMILES string of the molecule is CCCN1CCC2(CC1)Oc1ccc(C)cc1[C@@H]1C=C(c3ccc(Cl)cc3)NN12. The van der Waals surface area contributed by atoms with Crippen LogP contribution in [-0.2, 0) is 0 Å². The number of likely N-dealkylation sites (tertiary alicyclic amines) is 1. The number of nitrogens with one attached hydrogen (secondary N) is 1. The maximum Gasteiger partial charge on any atom is 0.182 e. The molecule has 5 heteroatoms. The van der Waals surface area contributed by atoms with Gasteiger partial charge in [0.05, 0.1) is 11.7 Å². The fourth-order valence-corrected chi connectivity index (χ4v) is 5.00. The Morgan fingerprint density at radius 3 is 2.62 bits per heavy atom. The molecule has 5 rings (SSSR count). The zero-order valence-electron chi connectivity index (χ0n) is 17.1. The first-order valence-corrected chi connectivity index (χ1v) is 11.0. The number of rotatable bonds is 3. The van der Waals surface area contributed by atoms with Crippen LogP contribution >= 0.6 is 11.6 Å². The van der Waals surface area contributed by atoms with E-state index in [1.165, 1.54) is 17.5 Å². The van der Waals surface area contributed by atoms with E-state index < -0.39 is 0 Å². The number of benzene rings is 2. The molecule has 4 nitrogen and oxygen atoms in total. The summed E-state index contributed by atoms with van der Waals surface area (Å²) in [5.74, 6) is 1.02. The summed E-state index contributed by atoms with van der Waals surface area (Å²) in [7, 11) is 0. The van der Waals surface area contributed by atoms with Gasteiger partial charge < -0.3 is 15.1 Å². The van der Waals surface area contributed by atoms with Crippen LogP contribution in [0.25, 0.3) is 5.70 Å². The molecule has 1 N–H and O–H groups in total. The Hall–Kier alpha value is -2.01. The van der Waals surface area contributed by atoms with E-state index in [1.54, 1.807) is 0 Å². The second kappa shape index (κ2) is 7.35. The quantitative estimate of drug-likeness (QED) is 0.759. The van der Waals surface area contributed by atoms with Gasteiger partial charge in [-0.15, -0.1) is 0 Å². The normalized spacial score (nSPS) is 23.1. The van der Waals surface area contributed by atoms with Crippen LogP contribution in [0.2, 0.25) is 5.02 Å². The number of hydrazine groups is 1. The maximum absolute atomic E-state index is 6.74. The van der Waals surface area contributed by atoms with Crippen LogP contribution in [0.4, 0.5) is 0 Å². The van der Waals surface area contributed by atoms with E-state index in [1.807, 2.05) is 12.1 Å². The van der Waals surface area contributed by atoms with Gasteiger partial charge >= 0.3 is 0 Å². The van der Waals surface area contributed by atoms with Crippen LogP contribution in [0.15, 0.2) is 48.5 Å². The van der Waals surface area contributed by atoms with Gasteiger partial charge in [0.15, 0.2) is 5.72 Å². The van der Waals surface area contributed by atoms with Crippen LogP contribution in [-0.4, -0.2) is 35.3 Å². The molecule has 3 aliphatic rings. The van der Waals surface area contributed by atoms with Crippen molar-refractivity contribution >= 4 is 17.3 Å². The average molecular weight is 410 g/mol. The van der Waals surface area contributed by atoms with Crippen molar-refractivity contribution in [3.8, 4) is 5.75 Å². The Morgan fingerprint density at radius 1 is 1.14 bits per heavy atom. The second-order valence-corrected chi connectivity index (χ2v) is 8.88. The van der Waals surface area contributed by atoms with E-state index in [4.69, 9.17) is 16.3 Å². The molecule has 0 radical (unpaired) electrons. The van der Waals surface area contributed by atoms with E-state index in [2.05, 4.69) is 65.6 Å². The highest BCUT2D eigenvalue weighted by Gasteiger charge is 2.51. The molecule has 0 amide bonds. The minimum atomic E-state index is -0.318. The summed E-state index contributed by atoms with van der Waals surface area (Å²) < 4.78 is 6.74. The molecule has 1 atom stereocenters. The van der Waals surface area contributed by atoms with Gasteiger partial charge in [0.25, 0.3) is 0 Å². The van der Waals surface area contributed by atoms with E-state index in [-0.39, 0.29) is 11.8 Å². The van der Waals surface area contributed by atoms with Crippen molar-refractivity contribution in [3.05, 3.63) is 70.3 Å². The molecule has 1 spiro atoms. The Bertz CT molecular complexity index is 932. The third kappa shape index (κ3) is 3.33. The predicted molar refractivity (Wildman–Crippen MR) is 118 cm³/mol. The molecule has 29 heavy (non-hydrogen) atoms. The molecule has 2 aromatic carbocycles.